The summed E-state index contributed by atoms with van der Waals surface area (Å²) in [6.45, 7) is 1.93. The summed E-state index contributed by atoms with van der Waals surface area (Å²) >= 11 is 0. The van der Waals surface area contributed by atoms with Crippen molar-refractivity contribution in [1.82, 2.24) is 19.9 Å². The van der Waals surface area contributed by atoms with Gasteiger partial charge in [-0.1, -0.05) is 48.5 Å². The van der Waals surface area contributed by atoms with Gasteiger partial charge in [0, 0.05) is 16.9 Å². The quantitative estimate of drug-likeness (QED) is 0.544. The fourth-order valence-corrected chi connectivity index (χ4v) is 3.43. The summed E-state index contributed by atoms with van der Waals surface area (Å²) < 4.78 is 1.34. The number of nitrogens with one attached hydrogen (secondary N) is 2. The molecule has 4 aromatic rings. The Bertz CT molecular complexity index is 1180. The second-order valence-electron chi connectivity index (χ2n) is 7.06. The normalized spacial score (nSPS) is 12.3. The minimum absolute atomic E-state index is 0.0215. The Kier molecular flexibility index (Phi) is 4.93. The van der Waals surface area contributed by atoms with Crippen molar-refractivity contribution in [2.75, 3.05) is 0 Å². The molecule has 0 aliphatic carbocycles. The van der Waals surface area contributed by atoms with Gasteiger partial charge in [-0.15, -0.1) is 0 Å². The number of aromatic amines is 1. The van der Waals surface area contributed by atoms with E-state index >= 15 is 0 Å². The second kappa shape index (κ2) is 7.68. The highest BCUT2D eigenvalue weighted by atomic mass is 16.2. The summed E-state index contributed by atoms with van der Waals surface area (Å²) in [6.07, 6.45) is 3.17. The molecular weight excluding hydrogens is 352 g/mol. The third-order valence-corrected chi connectivity index (χ3v) is 4.91. The average molecular weight is 374 g/mol. The minimum atomic E-state index is -0.242. The SMILES string of the molecule is C[C@@H](CCc1ccccc1)NC(=O)Cn1cnc2c([nH]c3ccccc32)c1=O. The van der Waals surface area contributed by atoms with Crippen LogP contribution in [0.1, 0.15) is 18.9 Å². The fourth-order valence-electron chi connectivity index (χ4n) is 3.43. The molecule has 142 valence electrons. The molecule has 2 heterocycles. The highest BCUT2D eigenvalue weighted by Gasteiger charge is 2.13. The van der Waals surface area contributed by atoms with E-state index in [4.69, 9.17) is 0 Å². The molecule has 2 aromatic carbocycles. The van der Waals surface area contributed by atoms with E-state index in [0.717, 1.165) is 23.7 Å². The Hall–Kier alpha value is -3.41. The lowest BCUT2D eigenvalue weighted by molar-refractivity contribution is -0.122. The van der Waals surface area contributed by atoms with Crippen LogP contribution >= 0.6 is 0 Å². The molecule has 0 radical (unpaired) electrons. The molecule has 0 saturated heterocycles. The van der Waals surface area contributed by atoms with Gasteiger partial charge in [0.25, 0.3) is 5.56 Å². The Balaban J connectivity index is 1.44. The third kappa shape index (κ3) is 3.67. The molecule has 4 rings (SSSR count). The Morgan fingerprint density at radius 1 is 1.14 bits per heavy atom. The van der Waals surface area contributed by atoms with E-state index in [1.165, 1.54) is 16.5 Å². The number of benzene rings is 2. The van der Waals surface area contributed by atoms with E-state index in [2.05, 4.69) is 27.4 Å². The molecule has 0 fully saturated rings. The summed E-state index contributed by atoms with van der Waals surface area (Å²) in [4.78, 5) is 32.6. The highest BCUT2D eigenvalue weighted by molar-refractivity contribution is 6.04. The first-order valence-corrected chi connectivity index (χ1v) is 9.41. The lowest BCUT2D eigenvalue weighted by Gasteiger charge is -2.14. The van der Waals surface area contributed by atoms with Crippen molar-refractivity contribution < 1.29 is 4.79 Å². The molecule has 28 heavy (non-hydrogen) atoms. The predicted molar refractivity (Wildman–Crippen MR) is 110 cm³/mol. The van der Waals surface area contributed by atoms with Crippen LogP contribution < -0.4 is 10.9 Å². The Morgan fingerprint density at radius 3 is 2.71 bits per heavy atom. The van der Waals surface area contributed by atoms with Gasteiger partial charge in [-0.05, 0) is 31.4 Å². The molecule has 0 bridgehead atoms. The number of amides is 1. The molecule has 6 heteroatoms. The first-order chi connectivity index (χ1) is 13.6. The summed E-state index contributed by atoms with van der Waals surface area (Å²) in [5, 5.41) is 3.87. The summed E-state index contributed by atoms with van der Waals surface area (Å²) in [7, 11) is 0. The van der Waals surface area contributed by atoms with Gasteiger partial charge in [0.15, 0.2) is 0 Å². The Morgan fingerprint density at radius 2 is 1.89 bits per heavy atom. The van der Waals surface area contributed by atoms with E-state index in [1.54, 1.807) is 0 Å². The summed E-state index contributed by atoms with van der Waals surface area (Å²) in [5.41, 5.74) is 2.92. The van der Waals surface area contributed by atoms with E-state index in [-0.39, 0.29) is 24.1 Å². The molecule has 1 atom stereocenters. The van der Waals surface area contributed by atoms with Gasteiger partial charge in [0.1, 0.15) is 17.6 Å². The van der Waals surface area contributed by atoms with Crippen LogP contribution in [0.3, 0.4) is 0 Å². The first kappa shape index (κ1) is 18.0. The molecule has 0 aliphatic rings. The van der Waals surface area contributed by atoms with Gasteiger partial charge in [-0.25, -0.2) is 4.98 Å². The van der Waals surface area contributed by atoms with Gasteiger partial charge in [0.05, 0.1) is 6.33 Å². The number of aryl methyl sites for hydroxylation is 1. The van der Waals surface area contributed by atoms with Crippen LogP contribution in [0.15, 0.2) is 65.7 Å². The number of para-hydroxylation sites is 1. The second-order valence-corrected chi connectivity index (χ2v) is 7.06. The van der Waals surface area contributed by atoms with E-state index in [0.29, 0.717) is 11.0 Å². The van der Waals surface area contributed by atoms with Crippen LogP contribution in [-0.2, 0) is 17.8 Å². The maximum absolute atomic E-state index is 12.7. The van der Waals surface area contributed by atoms with Gasteiger partial charge < -0.3 is 10.3 Å². The number of rotatable bonds is 6. The molecule has 0 saturated carbocycles. The van der Waals surface area contributed by atoms with Gasteiger partial charge in [0.2, 0.25) is 5.91 Å². The van der Waals surface area contributed by atoms with Crippen LogP contribution in [-0.4, -0.2) is 26.5 Å². The number of aromatic nitrogens is 3. The van der Waals surface area contributed by atoms with Crippen LogP contribution in [0.2, 0.25) is 0 Å². The Labute approximate surface area is 162 Å². The van der Waals surface area contributed by atoms with E-state index in [1.807, 2.05) is 49.4 Å². The third-order valence-electron chi connectivity index (χ3n) is 4.91. The van der Waals surface area contributed by atoms with Crippen molar-refractivity contribution >= 4 is 27.8 Å². The van der Waals surface area contributed by atoms with Crippen molar-refractivity contribution in [3.63, 3.8) is 0 Å². The number of hydrogen-bond donors (Lipinski definition) is 2. The standard InChI is InChI=1S/C22H22N4O2/c1-15(11-12-16-7-3-2-4-8-16)24-19(27)13-26-14-23-20-17-9-5-6-10-18(17)25-21(20)22(26)28/h2-10,14-15,25H,11-13H2,1H3,(H,24,27)/t15-/m0/s1. The van der Waals surface area contributed by atoms with Crippen molar-refractivity contribution in [3.05, 3.63) is 76.8 Å². The number of carbonyl (C=O) groups excluding carboxylic acids is 1. The topological polar surface area (TPSA) is 79.8 Å². The number of H-pyrrole nitrogens is 1. The van der Waals surface area contributed by atoms with Crippen molar-refractivity contribution in [3.8, 4) is 0 Å². The molecule has 0 aliphatic heterocycles. The number of carbonyl (C=O) groups is 1. The van der Waals surface area contributed by atoms with Gasteiger partial charge in [-0.3, -0.25) is 14.2 Å². The first-order valence-electron chi connectivity index (χ1n) is 9.41. The van der Waals surface area contributed by atoms with Gasteiger partial charge in [-0.2, -0.15) is 0 Å². The molecule has 6 nitrogen and oxygen atoms in total. The van der Waals surface area contributed by atoms with Crippen LogP contribution in [0.5, 0.6) is 0 Å². The fraction of sp³-hybridized carbons (Fsp3) is 0.227. The van der Waals surface area contributed by atoms with Crippen molar-refractivity contribution in [2.45, 2.75) is 32.4 Å². The van der Waals surface area contributed by atoms with Crippen LogP contribution in [0.4, 0.5) is 0 Å². The summed E-state index contributed by atoms with van der Waals surface area (Å²) in [6, 6.07) is 17.8. The molecule has 0 spiro atoms. The van der Waals surface area contributed by atoms with E-state index < -0.39 is 0 Å². The van der Waals surface area contributed by atoms with Crippen LogP contribution in [0.25, 0.3) is 21.9 Å². The summed E-state index contributed by atoms with van der Waals surface area (Å²) in [5.74, 6) is -0.195. The number of fused-ring (bicyclic) bond motifs is 3. The number of hydrogen-bond acceptors (Lipinski definition) is 3. The molecule has 1 amide bonds. The highest BCUT2D eigenvalue weighted by Crippen LogP contribution is 2.20. The molecular formula is C22H22N4O2. The molecule has 2 aromatic heterocycles. The van der Waals surface area contributed by atoms with Crippen LogP contribution in [0, 0.1) is 0 Å². The predicted octanol–water partition coefficient (Wildman–Crippen LogP) is 3.02. The average Bonchev–Trinajstić information content (AvgIpc) is 3.09. The minimum Gasteiger partial charge on any atom is -0.352 e. The molecule has 2 N–H and O–H groups in total. The van der Waals surface area contributed by atoms with E-state index in [9.17, 15) is 9.59 Å². The maximum Gasteiger partial charge on any atom is 0.278 e. The molecule has 0 unspecified atom stereocenters. The zero-order valence-electron chi connectivity index (χ0n) is 15.7. The van der Waals surface area contributed by atoms with Crippen molar-refractivity contribution in [1.29, 1.82) is 0 Å². The number of nitrogens with zero attached hydrogens (tertiary/aromatic N) is 2. The zero-order chi connectivity index (χ0) is 19.5. The monoisotopic (exact) mass is 374 g/mol. The largest absolute Gasteiger partial charge is 0.352 e. The lowest BCUT2D eigenvalue weighted by atomic mass is 10.1. The van der Waals surface area contributed by atoms with Gasteiger partial charge >= 0.3 is 0 Å². The maximum atomic E-state index is 12.7. The van der Waals surface area contributed by atoms with Crippen molar-refractivity contribution in [2.24, 2.45) is 0 Å². The lowest BCUT2D eigenvalue weighted by Crippen LogP contribution is -2.37. The smallest absolute Gasteiger partial charge is 0.278 e. The zero-order valence-corrected chi connectivity index (χ0v) is 15.7.